The molecule has 0 heterocycles. The number of rotatable bonds is 8. The average molecular weight is 333 g/mol. The molecule has 1 aliphatic rings. The maximum atomic E-state index is 2.50. The summed E-state index contributed by atoms with van der Waals surface area (Å²) in [5.74, 6) is 0. The van der Waals surface area contributed by atoms with Gasteiger partial charge >= 0.3 is 0 Å². The van der Waals surface area contributed by atoms with E-state index in [1.165, 1.54) is 66.8 Å². The van der Waals surface area contributed by atoms with Crippen molar-refractivity contribution in [2.45, 2.75) is 72.1 Å². The Morgan fingerprint density at radius 3 is 2.24 bits per heavy atom. The third kappa shape index (κ3) is 3.89. The van der Waals surface area contributed by atoms with Gasteiger partial charge in [-0.25, -0.2) is 0 Å². The highest BCUT2D eigenvalue weighted by Gasteiger charge is 2.19. The second-order valence-electron chi connectivity index (χ2n) is 7.40. The molecule has 0 unspecified atom stereocenters. The van der Waals surface area contributed by atoms with Gasteiger partial charge in [-0.05, 0) is 65.1 Å². The fraction of sp³-hybridized carbons (Fsp3) is 0.440. The molecule has 0 heteroatoms. The molecule has 3 rings (SSSR count). The van der Waals surface area contributed by atoms with Crippen molar-refractivity contribution in [2.75, 3.05) is 0 Å². The van der Waals surface area contributed by atoms with E-state index in [0.29, 0.717) is 0 Å². The zero-order chi connectivity index (χ0) is 17.6. The SMILES string of the molecule is CCCCc1ccc(C2=C(CCC)C=C(CCC)C2)c2ccccc12. The molecule has 0 atom stereocenters. The van der Waals surface area contributed by atoms with Crippen molar-refractivity contribution >= 4 is 16.3 Å². The summed E-state index contributed by atoms with van der Waals surface area (Å²) >= 11 is 0. The number of allylic oxidation sites excluding steroid dienone is 4. The first-order valence-electron chi connectivity index (χ1n) is 10.2. The Hall–Kier alpha value is -1.82. The van der Waals surface area contributed by atoms with E-state index in [2.05, 4.69) is 63.2 Å². The van der Waals surface area contributed by atoms with Crippen LogP contribution in [-0.4, -0.2) is 0 Å². The van der Waals surface area contributed by atoms with E-state index in [-0.39, 0.29) is 0 Å². The van der Waals surface area contributed by atoms with Gasteiger partial charge in [0.2, 0.25) is 0 Å². The third-order valence-corrected chi connectivity index (χ3v) is 5.40. The van der Waals surface area contributed by atoms with Crippen LogP contribution in [0, 0.1) is 0 Å². The lowest BCUT2D eigenvalue weighted by Gasteiger charge is -2.14. The van der Waals surface area contributed by atoms with E-state index >= 15 is 0 Å². The summed E-state index contributed by atoms with van der Waals surface area (Å²) in [7, 11) is 0. The Bertz CT molecular complexity index is 789. The van der Waals surface area contributed by atoms with E-state index in [1.54, 1.807) is 16.7 Å². The van der Waals surface area contributed by atoms with Crippen LogP contribution in [0.5, 0.6) is 0 Å². The van der Waals surface area contributed by atoms with Gasteiger partial charge in [0.1, 0.15) is 0 Å². The molecule has 0 aromatic heterocycles. The number of fused-ring (bicyclic) bond motifs is 1. The molecular weight excluding hydrogens is 300 g/mol. The first kappa shape index (κ1) is 18.0. The van der Waals surface area contributed by atoms with Crippen molar-refractivity contribution in [1.82, 2.24) is 0 Å². The van der Waals surface area contributed by atoms with Gasteiger partial charge in [0, 0.05) is 0 Å². The fourth-order valence-electron chi connectivity index (χ4n) is 4.18. The van der Waals surface area contributed by atoms with Crippen molar-refractivity contribution in [3.05, 3.63) is 64.7 Å². The summed E-state index contributed by atoms with van der Waals surface area (Å²) in [6.07, 6.45) is 12.3. The molecule has 2 aromatic carbocycles. The van der Waals surface area contributed by atoms with E-state index < -0.39 is 0 Å². The van der Waals surface area contributed by atoms with Crippen LogP contribution in [0.2, 0.25) is 0 Å². The van der Waals surface area contributed by atoms with Gasteiger partial charge in [-0.1, -0.05) is 88.1 Å². The first-order valence-corrected chi connectivity index (χ1v) is 10.2. The number of unbranched alkanes of at least 4 members (excludes halogenated alkanes) is 1. The van der Waals surface area contributed by atoms with E-state index in [0.717, 1.165) is 6.42 Å². The molecular formula is C25H32. The minimum Gasteiger partial charge on any atom is -0.0655 e. The second kappa shape index (κ2) is 8.52. The first-order chi connectivity index (χ1) is 12.3. The molecule has 0 radical (unpaired) electrons. The Balaban J connectivity index is 2.05. The van der Waals surface area contributed by atoms with Gasteiger partial charge in [0.05, 0.1) is 0 Å². The average Bonchev–Trinajstić information content (AvgIpc) is 3.02. The predicted molar refractivity (Wildman–Crippen MR) is 112 cm³/mol. The maximum absolute atomic E-state index is 2.50. The summed E-state index contributed by atoms with van der Waals surface area (Å²) < 4.78 is 0. The lowest BCUT2D eigenvalue weighted by atomic mass is 9.90. The lowest BCUT2D eigenvalue weighted by molar-refractivity contribution is 0.799. The normalized spacial score (nSPS) is 14.4. The van der Waals surface area contributed by atoms with Crippen LogP contribution < -0.4 is 0 Å². The standard InChI is InChI=1S/C25H32/c1-4-7-12-20-15-16-24(23-14-9-8-13-22(20)23)25-18-19(10-5-2)17-21(25)11-6-3/h8-9,13-17H,4-7,10-12,18H2,1-3H3. The zero-order valence-corrected chi connectivity index (χ0v) is 16.2. The third-order valence-electron chi connectivity index (χ3n) is 5.40. The molecule has 0 fully saturated rings. The highest BCUT2D eigenvalue weighted by Crippen LogP contribution is 2.40. The van der Waals surface area contributed by atoms with Crippen molar-refractivity contribution in [3.63, 3.8) is 0 Å². The van der Waals surface area contributed by atoms with Gasteiger partial charge < -0.3 is 0 Å². The quantitative estimate of drug-likeness (QED) is 0.461. The van der Waals surface area contributed by atoms with E-state index in [9.17, 15) is 0 Å². The Morgan fingerprint density at radius 1 is 0.760 bits per heavy atom. The topological polar surface area (TPSA) is 0 Å². The maximum Gasteiger partial charge on any atom is -0.00550 e. The molecule has 0 amide bonds. The van der Waals surface area contributed by atoms with Crippen LogP contribution in [0.4, 0.5) is 0 Å². The number of aryl methyl sites for hydroxylation is 1. The Morgan fingerprint density at radius 2 is 1.52 bits per heavy atom. The molecule has 0 spiro atoms. The molecule has 132 valence electrons. The van der Waals surface area contributed by atoms with Crippen LogP contribution >= 0.6 is 0 Å². The van der Waals surface area contributed by atoms with E-state index in [4.69, 9.17) is 0 Å². The highest BCUT2D eigenvalue weighted by molar-refractivity contribution is 5.97. The van der Waals surface area contributed by atoms with Gasteiger partial charge in [-0.2, -0.15) is 0 Å². The molecule has 0 saturated heterocycles. The summed E-state index contributed by atoms with van der Waals surface area (Å²) in [6.45, 7) is 6.86. The summed E-state index contributed by atoms with van der Waals surface area (Å²) in [4.78, 5) is 0. The monoisotopic (exact) mass is 332 g/mol. The molecule has 1 aliphatic carbocycles. The summed E-state index contributed by atoms with van der Waals surface area (Å²) in [6, 6.07) is 13.8. The Labute approximate surface area is 153 Å². The van der Waals surface area contributed by atoms with Crippen molar-refractivity contribution in [1.29, 1.82) is 0 Å². The molecule has 0 aliphatic heterocycles. The van der Waals surface area contributed by atoms with Crippen LogP contribution in [0.15, 0.2) is 53.6 Å². The number of hydrogen-bond acceptors (Lipinski definition) is 0. The smallest absolute Gasteiger partial charge is 0.00550 e. The molecule has 2 aromatic rings. The second-order valence-corrected chi connectivity index (χ2v) is 7.40. The fourth-order valence-corrected chi connectivity index (χ4v) is 4.18. The van der Waals surface area contributed by atoms with Crippen molar-refractivity contribution in [3.8, 4) is 0 Å². The van der Waals surface area contributed by atoms with E-state index in [1.807, 2.05) is 0 Å². The predicted octanol–water partition coefficient (Wildman–Crippen LogP) is 7.87. The van der Waals surface area contributed by atoms with Crippen LogP contribution in [0.25, 0.3) is 16.3 Å². The van der Waals surface area contributed by atoms with Gasteiger partial charge in [0.25, 0.3) is 0 Å². The molecule has 0 nitrogen and oxygen atoms in total. The van der Waals surface area contributed by atoms with Crippen LogP contribution in [0.3, 0.4) is 0 Å². The highest BCUT2D eigenvalue weighted by atomic mass is 14.2. The minimum atomic E-state index is 1.15. The largest absolute Gasteiger partial charge is 0.0655 e. The molecule has 0 saturated carbocycles. The molecule has 0 bridgehead atoms. The Kier molecular flexibility index (Phi) is 6.13. The van der Waals surface area contributed by atoms with Crippen molar-refractivity contribution in [2.24, 2.45) is 0 Å². The van der Waals surface area contributed by atoms with Gasteiger partial charge in [-0.3, -0.25) is 0 Å². The van der Waals surface area contributed by atoms with Gasteiger partial charge in [0.15, 0.2) is 0 Å². The zero-order valence-electron chi connectivity index (χ0n) is 16.2. The van der Waals surface area contributed by atoms with Gasteiger partial charge in [-0.15, -0.1) is 0 Å². The molecule has 25 heavy (non-hydrogen) atoms. The molecule has 0 N–H and O–H groups in total. The minimum absolute atomic E-state index is 1.15. The lowest BCUT2D eigenvalue weighted by Crippen LogP contribution is -1.93. The summed E-state index contributed by atoms with van der Waals surface area (Å²) in [5.41, 5.74) is 7.78. The number of hydrogen-bond donors (Lipinski definition) is 0. The number of benzene rings is 2. The van der Waals surface area contributed by atoms with Crippen LogP contribution in [0.1, 0.15) is 76.8 Å². The van der Waals surface area contributed by atoms with Crippen molar-refractivity contribution < 1.29 is 0 Å². The summed E-state index contributed by atoms with van der Waals surface area (Å²) in [5, 5.41) is 2.91. The van der Waals surface area contributed by atoms with Crippen LogP contribution in [-0.2, 0) is 6.42 Å².